The minimum Gasteiger partial charge on any atom is -0.0601 e. The second-order valence-electron chi connectivity index (χ2n) is 3.08. The molecule has 2 rings (SSSR count). The van der Waals surface area contributed by atoms with Gasteiger partial charge in [0.15, 0.2) is 0 Å². The summed E-state index contributed by atoms with van der Waals surface area (Å²) in [5.41, 5.74) is 0. The minimum atomic E-state index is 1.28. The molecule has 0 atom stereocenters. The highest BCUT2D eigenvalue weighted by molar-refractivity contribution is 14.1. The van der Waals surface area contributed by atoms with Gasteiger partial charge < -0.3 is 0 Å². The van der Waals surface area contributed by atoms with E-state index in [1.165, 1.54) is 16.9 Å². The van der Waals surface area contributed by atoms with Gasteiger partial charge in [-0.25, -0.2) is 0 Å². The van der Waals surface area contributed by atoms with Crippen LogP contribution < -0.4 is 0 Å². The number of hydrogen-bond donors (Lipinski definition) is 0. The number of halogens is 2. The molecule has 0 aliphatic heterocycles. The van der Waals surface area contributed by atoms with E-state index in [4.69, 9.17) is 0 Å². The van der Waals surface area contributed by atoms with E-state index in [-0.39, 0.29) is 0 Å². The molecule has 82 valence electrons. The van der Waals surface area contributed by atoms with Crippen molar-refractivity contribution in [3.63, 3.8) is 0 Å². The molecule has 2 aromatic rings. The molecule has 0 saturated heterocycles. The average molecular weight is 470 g/mol. The van der Waals surface area contributed by atoms with Crippen molar-refractivity contribution in [2.24, 2.45) is 0 Å². The number of rotatable bonds is 3. The normalized spacial score (nSPS) is 10.4. The molecular weight excluding hydrogens is 462 g/mol. The highest BCUT2D eigenvalue weighted by atomic mass is 127. The molecule has 2 aromatic carbocycles. The SMILES string of the molecule is Ic1cccc(SSc2cccc(I)c2)c1. The lowest BCUT2D eigenvalue weighted by Crippen LogP contribution is -1.73. The van der Waals surface area contributed by atoms with Gasteiger partial charge in [0.1, 0.15) is 0 Å². The summed E-state index contributed by atoms with van der Waals surface area (Å²) >= 11 is 4.68. The van der Waals surface area contributed by atoms with E-state index in [2.05, 4.69) is 93.7 Å². The van der Waals surface area contributed by atoms with Crippen molar-refractivity contribution in [3.8, 4) is 0 Å². The molecule has 16 heavy (non-hydrogen) atoms. The standard InChI is InChI=1S/C12H8I2S2/c13-9-3-1-5-11(7-9)15-16-12-6-2-4-10(14)8-12/h1-8H. The maximum Gasteiger partial charge on any atom is 0.0196 e. The van der Waals surface area contributed by atoms with Gasteiger partial charge in [-0.05, 0) is 81.6 Å². The van der Waals surface area contributed by atoms with E-state index >= 15 is 0 Å². The molecule has 0 N–H and O–H groups in total. The van der Waals surface area contributed by atoms with Crippen molar-refractivity contribution >= 4 is 66.8 Å². The van der Waals surface area contributed by atoms with Gasteiger partial charge in [0, 0.05) is 16.9 Å². The lowest BCUT2D eigenvalue weighted by molar-refractivity contribution is 1.43. The molecule has 0 heterocycles. The van der Waals surface area contributed by atoms with Crippen molar-refractivity contribution in [3.05, 3.63) is 55.7 Å². The third kappa shape index (κ3) is 4.12. The fraction of sp³-hybridized carbons (Fsp3) is 0. The summed E-state index contributed by atoms with van der Waals surface area (Å²) in [5, 5.41) is 0. The van der Waals surface area contributed by atoms with E-state index < -0.39 is 0 Å². The minimum absolute atomic E-state index is 1.28. The van der Waals surface area contributed by atoms with Crippen LogP contribution in [0.15, 0.2) is 58.3 Å². The molecule has 0 aromatic heterocycles. The Balaban J connectivity index is 2.02. The molecule has 0 spiro atoms. The first-order valence-electron chi connectivity index (χ1n) is 4.60. The second kappa shape index (κ2) is 6.51. The predicted molar refractivity (Wildman–Crippen MR) is 90.0 cm³/mol. The summed E-state index contributed by atoms with van der Waals surface area (Å²) in [6.07, 6.45) is 0. The lowest BCUT2D eigenvalue weighted by atomic mass is 10.4. The smallest absolute Gasteiger partial charge is 0.0196 e. The van der Waals surface area contributed by atoms with Crippen LogP contribution in [-0.2, 0) is 0 Å². The van der Waals surface area contributed by atoms with Gasteiger partial charge in [-0.1, -0.05) is 33.7 Å². The zero-order chi connectivity index (χ0) is 11.4. The monoisotopic (exact) mass is 470 g/mol. The largest absolute Gasteiger partial charge is 0.0601 e. The van der Waals surface area contributed by atoms with Gasteiger partial charge in [0.2, 0.25) is 0 Å². The Hall–Kier alpha value is 0.600. The fourth-order valence-electron chi connectivity index (χ4n) is 1.13. The van der Waals surface area contributed by atoms with E-state index in [1.54, 1.807) is 21.6 Å². The first-order valence-corrected chi connectivity index (χ1v) is 8.90. The van der Waals surface area contributed by atoms with Crippen molar-refractivity contribution in [1.82, 2.24) is 0 Å². The Bertz CT molecular complexity index is 440. The molecule has 0 bridgehead atoms. The summed E-state index contributed by atoms with van der Waals surface area (Å²) in [4.78, 5) is 2.60. The van der Waals surface area contributed by atoms with E-state index in [1.807, 2.05) is 0 Å². The quantitative estimate of drug-likeness (QED) is 0.418. The first kappa shape index (κ1) is 13.0. The molecule has 0 nitrogen and oxygen atoms in total. The number of benzene rings is 2. The van der Waals surface area contributed by atoms with Gasteiger partial charge >= 0.3 is 0 Å². The number of hydrogen-bond acceptors (Lipinski definition) is 2. The van der Waals surface area contributed by atoms with Crippen molar-refractivity contribution in [2.45, 2.75) is 9.79 Å². The van der Waals surface area contributed by atoms with Crippen LogP contribution in [0, 0.1) is 7.14 Å². The Morgan fingerprint density at radius 2 is 1.12 bits per heavy atom. The topological polar surface area (TPSA) is 0 Å². The highest BCUT2D eigenvalue weighted by Gasteiger charge is 1.98. The van der Waals surface area contributed by atoms with Crippen LogP contribution in [-0.4, -0.2) is 0 Å². The molecule has 0 amide bonds. The van der Waals surface area contributed by atoms with Gasteiger partial charge in [0.05, 0.1) is 0 Å². The van der Waals surface area contributed by atoms with Crippen molar-refractivity contribution in [2.75, 3.05) is 0 Å². The Morgan fingerprint density at radius 1 is 0.688 bits per heavy atom. The molecule has 0 aliphatic rings. The van der Waals surface area contributed by atoms with Gasteiger partial charge in [-0.15, -0.1) is 0 Å². The summed E-state index contributed by atoms with van der Waals surface area (Å²) in [7, 11) is 3.61. The van der Waals surface area contributed by atoms with Crippen molar-refractivity contribution in [1.29, 1.82) is 0 Å². The maximum atomic E-state index is 2.34. The fourth-order valence-corrected chi connectivity index (χ4v) is 4.65. The van der Waals surface area contributed by atoms with Crippen LogP contribution in [0.4, 0.5) is 0 Å². The summed E-state index contributed by atoms with van der Waals surface area (Å²) in [6, 6.07) is 17.1. The summed E-state index contributed by atoms with van der Waals surface area (Å²) in [5.74, 6) is 0. The van der Waals surface area contributed by atoms with Crippen LogP contribution >= 0.6 is 66.8 Å². The zero-order valence-electron chi connectivity index (χ0n) is 8.19. The molecule has 0 aliphatic carbocycles. The first-order chi connectivity index (χ1) is 7.74. The van der Waals surface area contributed by atoms with E-state index in [9.17, 15) is 0 Å². The third-order valence-electron chi connectivity index (χ3n) is 1.83. The Kier molecular flexibility index (Phi) is 5.31. The van der Waals surface area contributed by atoms with Crippen LogP contribution in [0.2, 0.25) is 0 Å². The van der Waals surface area contributed by atoms with E-state index in [0.29, 0.717) is 0 Å². The summed E-state index contributed by atoms with van der Waals surface area (Å²) in [6.45, 7) is 0. The second-order valence-corrected chi connectivity index (χ2v) is 7.85. The van der Waals surface area contributed by atoms with Crippen molar-refractivity contribution < 1.29 is 0 Å². The van der Waals surface area contributed by atoms with Crippen LogP contribution in [0.25, 0.3) is 0 Å². The van der Waals surface area contributed by atoms with E-state index in [0.717, 1.165) is 0 Å². The maximum absolute atomic E-state index is 2.34. The van der Waals surface area contributed by atoms with Crippen LogP contribution in [0.1, 0.15) is 0 Å². The van der Waals surface area contributed by atoms with Crippen LogP contribution in [0.3, 0.4) is 0 Å². The molecule has 0 fully saturated rings. The molecule has 0 radical (unpaired) electrons. The predicted octanol–water partition coefficient (Wildman–Crippen LogP) is 5.70. The molecule has 0 unspecified atom stereocenters. The summed E-state index contributed by atoms with van der Waals surface area (Å²) < 4.78 is 2.57. The average Bonchev–Trinajstić information content (AvgIpc) is 2.27. The molecular formula is C12H8I2S2. The molecule has 4 heteroatoms. The van der Waals surface area contributed by atoms with Gasteiger partial charge in [0.25, 0.3) is 0 Å². The zero-order valence-corrected chi connectivity index (χ0v) is 14.1. The van der Waals surface area contributed by atoms with Crippen LogP contribution in [0.5, 0.6) is 0 Å². The third-order valence-corrected chi connectivity index (χ3v) is 5.55. The lowest BCUT2D eigenvalue weighted by Gasteiger charge is -2.02. The Morgan fingerprint density at radius 3 is 1.50 bits per heavy atom. The van der Waals surface area contributed by atoms with Gasteiger partial charge in [-0.2, -0.15) is 0 Å². The molecule has 0 saturated carbocycles. The Labute approximate surface area is 131 Å². The highest BCUT2D eigenvalue weighted by Crippen LogP contribution is 2.37. The van der Waals surface area contributed by atoms with Gasteiger partial charge in [-0.3, -0.25) is 0 Å².